The molecule has 3 rings (SSSR count). The number of nitrogens with one attached hydrogen (secondary N) is 1. The number of piperidine rings is 1. The molecule has 1 unspecified atom stereocenters. The first-order valence-electron chi connectivity index (χ1n) is 7.04. The van der Waals surface area contributed by atoms with E-state index in [-0.39, 0.29) is 0 Å². The summed E-state index contributed by atoms with van der Waals surface area (Å²) in [5, 5.41) is 7.20. The Morgan fingerprint density at radius 2 is 2.22 bits per heavy atom. The summed E-state index contributed by atoms with van der Waals surface area (Å²) in [5.41, 5.74) is 2.44. The van der Waals surface area contributed by atoms with Gasteiger partial charge in [0, 0.05) is 30.6 Å². The minimum Gasteiger partial charge on any atom is -0.342 e. The maximum atomic E-state index is 12.3. The zero-order chi connectivity index (χ0) is 12.5. The predicted molar refractivity (Wildman–Crippen MR) is 69.2 cm³/mol. The Bertz CT molecular complexity index is 436. The number of aromatic amines is 1. The van der Waals surface area contributed by atoms with Gasteiger partial charge < -0.3 is 4.90 Å². The number of aromatic nitrogens is 2. The lowest BCUT2D eigenvalue weighted by atomic mass is 9.83. The second-order valence-corrected chi connectivity index (χ2v) is 5.72. The number of nitrogens with zero attached hydrogens (tertiary/aromatic N) is 2. The number of amides is 1. The Labute approximate surface area is 108 Å². The highest BCUT2D eigenvalue weighted by Crippen LogP contribution is 2.32. The second-order valence-electron chi connectivity index (χ2n) is 5.72. The van der Waals surface area contributed by atoms with Crippen molar-refractivity contribution in [2.75, 3.05) is 13.1 Å². The highest BCUT2D eigenvalue weighted by molar-refractivity contribution is 5.79. The van der Waals surface area contributed by atoms with Crippen LogP contribution in [-0.4, -0.2) is 34.1 Å². The number of carbonyl (C=O) groups is 1. The smallest absolute Gasteiger partial charge is 0.225 e. The molecule has 1 saturated carbocycles. The fraction of sp³-hybridized carbons (Fsp3) is 0.714. The van der Waals surface area contributed by atoms with Gasteiger partial charge in [-0.05, 0) is 38.2 Å². The van der Waals surface area contributed by atoms with Crippen molar-refractivity contribution >= 4 is 5.91 Å². The Hall–Kier alpha value is -1.32. The maximum absolute atomic E-state index is 12.3. The number of hydrogen-bond donors (Lipinski definition) is 1. The highest BCUT2D eigenvalue weighted by atomic mass is 16.2. The number of carbonyl (C=O) groups excluding carboxylic acids is 1. The molecule has 0 spiro atoms. The van der Waals surface area contributed by atoms with E-state index in [4.69, 9.17) is 0 Å². The molecule has 2 aliphatic rings. The topological polar surface area (TPSA) is 49.0 Å². The molecule has 0 aromatic carbocycles. The molecule has 18 heavy (non-hydrogen) atoms. The van der Waals surface area contributed by atoms with E-state index in [9.17, 15) is 4.79 Å². The van der Waals surface area contributed by atoms with E-state index in [1.54, 1.807) is 0 Å². The molecule has 1 atom stereocenters. The normalized spacial score (nSPS) is 24.9. The van der Waals surface area contributed by atoms with Crippen LogP contribution >= 0.6 is 0 Å². The van der Waals surface area contributed by atoms with E-state index in [0.717, 1.165) is 38.8 Å². The third-order valence-corrected chi connectivity index (χ3v) is 4.46. The van der Waals surface area contributed by atoms with Gasteiger partial charge in [-0.1, -0.05) is 6.42 Å². The summed E-state index contributed by atoms with van der Waals surface area (Å²) in [6.07, 6.45) is 7.58. The SMILES string of the molecule is Cc1cn[nH]c1C1CCCN(C(=O)C2CCC2)C1. The Kier molecular flexibility index (Phi) is 3.10. The van der Waals surface area contributed by atoms with Crippen LogP contribution in [-0.2, 0) is 4.79 Å². The van der Waals surface area contributed by atoms with Crippen molar-refractivity contribution in [1.29, 1.82) is 0 Å². The van der Waals surface area contributed by atoms with Gasteiger partial charge in [-0.2, -0.15) is 5.10 Å². The van der Waals surface area contributed by atoms with Crippen LogP contribution < -0.4 is 0 Å². The maximum Gasteiger partial charge on any atom is 0.225 e. The molecule has 4 nitrogen and oxygen atoms in total. The zero-order valence-corrected chi connectivity index (χ0v) is 11.0. The fourth-order valence-corrected chi connectivity index (χ4v) is 3.10. The molecule has 1 saturated heterocycles. The number of hydrogen-bond acceptors (Lipinski definition) is 2. The Morgan fingerprint density at radius 3 is 2.83 bits per heavy atom. The largest absolute Gasteiger partial charge is 0.342 e. The summed E-state index contributed by atoms with van der Waals surface area (Å²) < 4.78 is 0. The van der Waals surface area contributed by atoms with E-state index in [0.29, 0.717) is 17.7 Å². The van der Waals surface area contributed by atoms with Crippen molar-refractivity contribution in [3.8, 4) is 0 Å². The van der Waals surface area contributed by atoms with Crippen LogP contribution in [0.15, 0.2) is 6.20 Å². The van der Waals surface area contributed by atoms with Crippen LogP contribution in [0.3, 0.4) is 0 Å². The van der Waals surface area contributed by atoms with E-state index in [1.807, 2.05) is 6.20 Å². The van der Waals surface area contributed by atoms with E-state index in [1.165, 1.54) is 17.7 Å². The van der Waals surface area contributed by atoms with E-state index >= 15 is 0 Å². The molecule has 2 heterocycles. The number of rotatable bonds is 2. The van der Waals surface area contributed by atoms with Crippen LogP contribution in [0.5, 0.6) is 0 Å². The predicted octanol–water partition coefficient (Wildman–Crippen LogP) is 2.22. The monoisotopic (exact) mass is 247 g/mol. The van der Waals surface area contributed by atoms with Crippen LogP contribution in [0.25, 0.3) is 0 Å². The molecule has 1 aliphatic heterocycles. The lowest BCUT2D eigenvalue weighted by Crippen LogP contribution is -2.44. The van der Waals surface area contributed by atoms with Crippen molar-refractivity contribution in [3.05, 3.63) is 17.5 Å². The summed E-state index contributed by atoms with van der Waals surface area (Å²) in [5.74, 6) is 1.17. The van der Waals surface area contributed by atoms with Gasteiger partial charge in [0.1, 0.15) is 0 Å². The van der Waals surface area contributed by atoms with Gasteiger partial charge in [-0.25, -0.2) is 0 Å². The van der Waals surface area contributed by atoms with Crippen molar-refractivity contribution < 1.29 is 4.79 Å². The minimum atomic E-state index is 0.326. The molecule has 98 valence electrons. The van der Waals surface area contributed by atoms with Gasteiger partial charge in [-0.15, -0.1) is 0 Å². The molecule has 1 aliphatic carbocycles. The summed E-state index contributed by atoms with van der Waals surface area (Å²) in [6.45, 7) is 3.91. The zero-order valence-electron chi connectivity index (χ0n) is 11.0. The number of aryl methyl sites for hydroxylation is 1. The van der Waals surface area contributed by atoms with E-state index in [2.05, 4.69) is 22.0 Å². The average Bonchev–Trinajstić information content (AvgIpc) is 2.73. The first-order valence-corrected chi connectivity index (χ1v) is 7.04. The molecule has 1 N–H and O–H groups in total. The average molecular weight is 247 g/mol. The van der Waals surface area contributed by atoms with Crippen LogP contribution in [0.2, 0.25) is 0 Å². The first kappa shape index (κ1) is 11.8. The molecule has 2 fully saturated rings. The van der Waals surface area contributed by atoms with Gasteiger partial charge >= 0.3 is 0 Å². The molecule has 1 aromatic rings. The van der Waals surface area contributed by atoms with Gasteiger partial charge in [0.25, 0.3) is 0 Å². The van der Waals surface area contributed by atoms with Crippen molar-refractivity contribution in [3.63, 3.8) is 0 Å². The lowest BCUT2D eigenvalue weighted by Gasteiger charge is -2.37. The van der Waals surface area contributed by atoms with Gasteiger partial charge in [0.2, 0.25) is 5.91 Å². The van der Waals surface area contributed by atoms with Gasteiger partial charge in [0.05, 0.1) is 6.20 Å². The molecule has 1 aromatic heterocycles. The van der Waals surface area contributed by atoms with E-state index < -0.39 is 0 Å². The van der Waals surface area contributed by atoms with Crippen LogP contribution in [0.4, 0.5) is 0 Å². The third-order valence-electron chi connectivity index (χ3n) is 4.46. The molecule has 0 bridgehead atoms. The van der Waals surface area contributed by atoms with Crippen molar-refractivity contribution in [1.82, 2.24) is 15.1 Å². The Balaban J connectivity index is 1.68. The molecule has 4 heteroatoms. The van der Waals surface area contributed by atoms with Crippen molar-refractivity contribution in [2.24, 2.45) is 5.92 Å². The highest BCUT2D eigenvalue weighted by Gasteiger charge is 2.33. The van der Waals surface area contributed by atoms with Crippen LogP contribution in [0, 0.1) is 12.8 Å². The number of H-pyrrole nitrogens is 1. The second kappa shape index (κ2) is 4.75. The standard InChI is InChI=1S/C14H21N3O/c1-10-8-15-16-13(10)12-6-3-7-17(9-12)14(18)11-4-2-5-11/h8,11-12H,2-7,9H2,1H3,(H,15,16). The van der Waals surface area contributed by atoms with Gasteiger partial charge in [-0.3, -0.25) is 9.89 Å². The fourth-order valence-electron chi connectivity index (χ4n) is 3.10. The first-order chi connectivity index (χ1) is 8.75. The molecule has 0 radical (unpaired) electrons. The summed E-state index contributed by atoms with van der Waals surface area (Å²) >= 11 is 0. The summed E-state index contributed by atoms with van der Waals surface area (Å²) in [6, 6.07) is 0. The summed E-state index contributed by atoms with van der Waals surface area (Å²) in [7, 11) is 0. The van der Waals surface area contributed by atoms with Crippen molar-refractivity contribution in [2.45, 2.75) is 44.9 Å². The van der Waals surface area contributed by atoms with Crippen LogP contribution in [0.1, 0.15) is 49.3 Å². The lowest BCUT2D eigenvalue weighted by molar-refractivity contribution is -0.139. The quantitative estimate of drug-likeness (QED) is 0.871. The summed E-state index contributed by atoms with van der Waals surface area (Å²) in [4.78, 5) is 14.4. The van der Waals surface area contributed by atoms with Gasteiger partial charge in [0.15, 0.2) is 0 Å². The number of likely N-dealkylation sites (tertiary alicyclic amines) is 1. The molecular formula is C14H21N3O. The molecule has 1 amide bonds. The third kappa shape index (κ3) is 2.04. The molecular weight excluding hydrogens is 226 g/mol. The minimum absolute atomic E-state index is 0.326. The Morgan fingerprint density at radius 1 is 1.39 bits per heavy atom.